The van der Waals surface area contributed by atoms with E-state index in [9.17, 15) is 15.4 Å². The molecule has 0 spiro atoms. The molecule has 0 N–H and O–H groups in total. The zero-order valence-electron chi connectivity index (χ0n) is 21.3. The maximum atomic E-state index is 11.8. The number of benzene rings is 2. The van der Waals surface area contributed by atoms with E-state index in [1.165, 1.54) is 28.4 Å². The predicted molar refractivity (Wildman–Crippen MR) is 132 cm³/mol. The molecule has 2 unspecified atom stereocenters. The molecule has 9 heteroatoms. The largest absolute Gasteiger partial charge is 0.493 e. The van der Waals surface area contributed by atoms with Crippen LogP contribution in [0, 0.1) is 21.4 Å². The van der Waals surface area contributed by atoms with Crippen LogP contribution < -0.4 is 23.7 Å². The Morgan fingerprint density at radius 1 is 0.943 bits per heavy atom. The van der Waals surface area contributed by atoms with Crippen molar-refractivity contribution in [2.24, 2.45) is 0 Å². The highest BCUT2D eigenvalue weighted by molar-refractivity contribution is 5.59. The lowest BCUT2D eigenvalue weighted by Crippen LogP contribution is -2.27. The minimum atomic E-state index is -0.893. The van der Waals surface area contributed by atoms with Crippen molar-refractivity contribution in [3.63, 3.8) is 0 Å². The van der Waals surface area contributed by atoms with Crippen LogP contribution in [0.15, 0.2) is 30.3 Å². The molecule has 0 aliphatic carbocycles. The lowest BCUT2D eigenvalue weighted by molar-refractivity contribution is -0.523. The van der Waals surface area contributed by atoms with Gasteiger partial charge in [0.1, 0.15) is 0 Å². The van der Waals surface area contributed by atoms with Gasteiger partial charge in [0.2, 0.25) is 11.8 Å². The van der Waals surface area contributed by atoms with Gasteiger partial charge in [-0.1, -0.05) is 13.0 Å². The van der Waals surface area contributed by atoms with Gasteiger partial charge >= 0.3 is 0 Å². The monoisotopic (exact) mass is 486 g/mol. The van der Waals surface area contributed by atoms with Gasteiger partial charge < -0.3 is 23.7 Å². The number of nitriles is 1. The molecule has 0 fully saturated rings. The smallest absolute Gasteiger partial charge is 0.217 e. The summed E-state index contributed by atoms with van der Waals surface area (Å²) in [5.74, 6) is 2.45. The van der Waals surface area contributed by atoms with E-state index in [0.29, 0.717) is 60.0 Å². The van der Waals surface area contributed by atoms with Crippen LogP contribution in [-0.4, -0.2) is 46.5 Å². The average molecular weight is 487 g/mol. The first kappa shape index (κ1) is 27.6. The van der Waals surface area contributed by atoms with Gasteiger partial charge in [-0.2, -0.15) is 5.26 Å². The van der Waals surface area contributed by atoms with Gasteiger partial charge in [-0.05, 0) is 49.1 Å². The molecular formula is C26H34N2O7. The fourth-order valence-corrected chi connectivity index (χ4v) is 4.38. The predicted octanol–water partition coefficient (Wildman–Crippen LogP) is 4.96. The summed E-state index contributed by atoms with van der Waals surface area (Å²) in [6.07, 6.45) is 1.99. The van der Waals surface area contributed by atoms with E-state index >= 15 is 0 Å². The molecule has 0 heterocycles. The Morgan fingerprint density at radius 2 is 1.57 bits per heavy atom. The van der Waals surface area contributed by atoms with E-state index in [-0.39, 0.29) is 11.3 Å². The summed E-state index contributed by atoms with van der Waals surface area (Å²) < 4.78 is 27.0. The average Bonchev–Trinajstić information content (AvgIpc) is 2.89. The van der Waals surface area contributed by atoms with Crippen LogP contribution in [0.3, 0.4) is 0 Å². The lowest BCUT2D eigenvalue weighted by atomic mass is 9.74. The van der Waals surface area contributed by atoms with Crippen molar-refractivity contribution in [2.45, 2.75) is 50.5 Å². The summed E-state index contributed by atoms with van der Waals surface area (Å²) in [5, 5.41) is 22.1. The van der Waals surface area contributed by atoms with Crippen LogP contribution in [0.25, 0.3) is 0 Å². The Labute approximate surface area is 206 Å². The third-order valence-electron chi connectivity index (χ3n) is 6.40. The highest BCUT2D eigenvalue weighted by atomic mass is 16.6. The maximum absolute atomic E-state index is 11.8. The molecule has 0 aromatic heterocycles. The van der Waals surface area contributed by atoms with Gasteiger partial charge in [-0.3, -0.25) is 10.1 Å². The molecule has 2 aromatic rings. The van der Waals surface area contributed by atoms with Crippen molar-refractivity contribution in [1.29, 1.82) is 5.26 Å². The van der Waals surface area contributed by atoms with Crippen LogP contribution in [0.5, 0.6) is 28.7 Å². The standard InChI is InChI=1S/C26H34N2O7/c1-7-26(17-27,20-11-13-22(32-3)25(35-6)24(20)34-5)14-8-9-19(28(29)30)15-18-10-12-21(31-2)23(16-18)33-4/h10-13,16,19H,7-9,14-15H2,1-6H3. The molecule has 0 saturated heterocycles. The van der Waals surface area contributed by atoms with E-state index in [1.54, 1.807) is 31.4 Å². The third kappa shape index (κ3) is 6.07. The molecule has 190 valence electrons. The Hall–Kier alpha value is -3.67. The quantitative estimate of drug-likeness (QED) is 0.272. The van der Waals surface area contributed by atoms with E-state index in [0.717, 1.165) is 5.56 Å². The molecule has 2 atom stereocenters. The molecule has 0 aliphatic heterocycles. The first-order valence-electron chi connectivity index (χ1n) is 11.4. The van der Waals surface area contributed by atoms with Crippen molar-refractivity contribution < 1.29 is 28.6 Å². The summed E-state index contributed by atoms with van der Waals surface area (Å²) in [7, 11) is 7.64. The number of nitro groups is 1. The van der Waals surface area contributed by atoms with Crippen molar-refractivity contribution in [1.82, 2.24) is 0 Å². The van der Waals surface area contributed by atoms with Gasteiger partial charge in [0.15, 0.2) is 23.0 Å². The van der Waals surface area contributed by atoms with E-state index < -0.39 is 11.5 Å². The molecule has 2 rings (SSSR count). The number of hydrogen-bond donors (Lipinski definition) is 0. The molecule has 0 saturated carbocycles. The summed E-state index contributed by atoms with van der Waals surface area (Å²) in [5.41, 5.74) is 0.572. The lowest BCUT2D eigenvalue weighted by Gasteiger charge is -2.29. The topological polar surface area (TPSA) is 113 Å². The first-order valence-corrected chi connectivity index (χ1v) is 11.4. The second-order valence-corrected chi connectivity index (χ2v) is 8.15. The summed E-state index contributed by atoms with van der Waals surface area (Å²) in [4.78, 5) is 11.6. The third-order valence-corrected chi connectivity index (χ3v) is 6.40. The molecule has 2 aromatic carbocycles. The molecule has 0 bridgehead atoms. The summed E-state index contributed by atoms with van der Waals surface area (Å²) in [6, 6.07) is 10.5. The minimum absolute atomic E-state index is 0.249. The maximum Gasteiger partial charge on any atom is 0.217 e. The normalized spacial score (nSPS) is 13.2. The van der Waals surface area contributed by atoms with Crippen LogP contribution in [0.4, 0.5) is 0 Å². The van der Waals surface area contributed by atoms with E-state index in [2.05, 4.69) is 6.07 Å². The van der Waals surface area contributed by atoms with Gasteiger partial charge in [-0.25, -0.2) is 0 Å². The van der Waals surface area contributed by atoms with Gasteiger partial charge in [-0.15, -0.1) is 0 Å². The minimum Gasteiger partial charge on any atom is -0.493 e. The Bertz CT molecular complexity index is 1050. The highest BCUT2D eigenvalue weighted by Gasteiger charge is 2.36. The van der Waals surface area contributed by atoms with Crippen LogP contribution >= 0.6 is 0 Å². The number of hydrogen-bond acceptors (Lipinski definition) is 8. The summed E-state index contributed by atoms with van der Waals surface area (Å²) >= 11 is 0. The van der Waals surface area contributed by atoms with Gasteiger partial charge in [0.05, 0.1) is 47.0 Å². The molecule has 35 heavy (non-hydrogen) atoms. The highest BCUT2D eigenvalue weighted by Crippen LogP contribution is 2.47. The zero-order chi connectivity index (χ0) is 26.0. The molecule has 9 nitrogen and oxygen atoms in total. The van der Waals surface area contributed by atoms with Crippen LogP contribution in [0.1, 0.15) is 43.7 Å². The van der Waals surface area contributed by atoms with E-state index in [4.69, 9.17) is 23.7 Å². The molecular weight excluding hydrogens is 452 g/mol. The Morgan fingerprint density at radius 3 is 2.09 bits per heavy atom. The second kappa shape index (κ2) is 12.7. The number of ether oxygens (including phenoxy) is 5. The van der Waals surface area contributed by atoms with E-state index in [1.807, 2.05) is 13.0 Å². The molecule has 0 amide bonds. The van der Waals surface area contributed by atoms with Crippen LogP contribution in [0.2, 0.25) is 0 Å². The van der Waals surface area contributed by atoms with Crippen molar-refractivity contribution in [3.8, 4) is 34.8 Å². The SMILES string of the molecule is CCC(C#N)(CCCC(Cc1ccc(OC)c(OC)c1)[N+](=O)[O-])c1ccc(OC)c(OC)c1OC. The fourth-order valence-electron chi connectivity index (χ4n) is 4.38. The summed E-state index contributed by atoms with van der Waals surface area (Å²) in [6.45, 7) is 1.92. The van der Waals surface area contributed by atoms with Crippen molar-refractivity contribution in [2.75, 3.05) is 35.5 Å². The molecule has 0 radical (unpaired) electrons. The van der Waals surface area contributed by atoms with Crippen LogP contribution in [-0.2, 0) is 11.8 Å². The van der Waals surface area contributed by atoms with Crippen molar-refractivity contribution >= 4 is 0 Å². The second-order valence-electron chi connectivity index (χ2n) is 8.15. The van der Waals surface area contributed by atoms with Gasteiger partial charge in [0.25, 0.3) is 0 Å². The van der Waals surface area contributed by atoms with Crippen molar-refractivity contribution in [3.05, 3.63) is 51.6 Å². The Kier molecular flexibility index (Phi) is 10.0. The Balaban J connectivity index is 2.26. The number of nitrogens with zero attached hydrogens (tertiary/aromatic N) is 2. The zero-order valence-corrected chi connectivity index (χ0v) is 21.3. The molecule has 0 aliphatic rings. The number of methoxy groups -OCH3 is 5. The fraction of sp³-hybridized carbons (Fsp3) is 0.500. The van der Waals surface area contributed by atoms with Gasteiger partial charge in [0, 0.05) is 23.3 Å². The number of rotatable bonds is 14. The first-order chi connectivity index (χ1) is 16.8.